The Morgan fingerprint density at radius 2 is 1.41 bits per heavy atom. The molecule has 0 aromatic heterocycles. The van der Waals surface area contributed by atoms with Crippen LogP contribution in [0.4, 0.5) is 0 Å². The first-order valence-electron chi connectivity index (χ1n) is 6.78. The molecule has 2 nitrogen and oxygen atoms in total. The van der Waals surface area contributed by atoms with Crippen molar-refractivity contribution in [2.45, 2.75) is 75.2 Å². The van der Waals surface area contributed by atoms with Crippen molar-refractivity contribution in [3.63, 3.8) is 0 Å². The summed E-state index contributed by atoms with van der Waals surface area (Å²) < 4.78 is 0. The minimum Gasteiger partial charge on any atom is -0.372 e. The molecule has 0 saturated carbocycles. The van der Waals surface area contributed by atoms with Crippen LogP contribution in [0.2, 0.25) is 0 Å². The average molecular weight is 245 g/mol. The minimum absolute atomic E-state index is 0.250. The number of carbonyl (C=O) groups excluding carboxylic acids is 1. The summed E-state index contributed by atoms with van der Waals surface area (Å²) >= 11 is 0. The first-order valence-corrected chi connectivity index (χ1v) is 6.78. The predicted molar refractivity (Wildman–Crippen MR) is 78.9 cm³/mol. The molecular weight excluding hydrogens is 210 g/mol. The third kappa shape index (κ3) is 13.4. The van der Waals surface area contributed by atoms with Crippen LogP contribution in [0.25, 0.3) is 0 Å². The Morgan fingerprint density at radius 1 is 1.12 bits per heavy atom. The van der Waals surface area contributed by atoms with Crippen molar-refractivity contribution in [1.29, 1.82) is 0 Å². The maximum Gasteiger partial charge on any atom is 0.204 e. The van der Waals surface area contributed by atoms with E-state index < -0.39 is 0 Å². The number of hydrogen-bond donors (Lipinski definition) is 1. The highest BCUT2D eigenvalue weighted by molar-refractivity contribution is 5.42. The van der Waals surface area contributed by atoms with Crippen molar-refractivity contribution in [3.05, 3.63) is 0 Å². The van der Waals surface area contributed by atoms with Gasteiger partial charge in [-0.05, 0) is 23.2 Å². The number of carbonyl (C=O) groups is 1. The van der Waals surface area contributed by atoms with E-state index in [1.165, 1.54) is 12.8 Å². The molecule has 2 N–H and O–H groups in total. The Labute approximate surface area is 109 Å². The molecule has 0 aliphatic carbocycles. The Hall–Kier alpha value is -0.530. The van der Waals surface area contributed by atoms with E-state index in [9.17, 15) is 0 Å². The van der Waals surface area contributed by atoms with Crippen LogP contribution in [-0.4, -0.2) is 6.41 Å². The molecule has 0 aliphatic rings. The van der Waals surface area contributed by atoms with E-state index in [0.29, 0.717) is 10.8 Å². The molecule has 0 aromatic rings. The van der Waals surface area contributed by atoms with Gasteiger partial charge in [0.05, 0.1) is 0 Å². The lowest BCUT2D eigenvalue weighted by atomic mass is 9.68. The van der Waals surface area contributed by atoms with E-state index in [1.807, 2.05) is 13.8 Å². The lowest BCUT2D eigenvalue weighted by Gasteiger charge is -2.37. The lowest BCUT2D eigenvalue weighted by molar-refractivity contribution is -0.106. The Morgan fingerprint density at radius 3 is 1.59 bits per heavy atom. The maximum atomic E-state index is 8.58. The molecule has 0 radical (unpaired) electrons. The van der Waals surface area contributed by atoms with Crippen molar-refractivity contribution in [2.75, 3.05) is 0 Å². The molecule has 0 fully saturated rings. The van der Waals surface area contributed by atoms with E-state index in [1.54, 1.807) is 0 Å². The minimum atomic E-state index is 0.250. The predicted octanol–water partition coefficient (Wildman–Crippen LogP) is 4.62. The molecule has 0 aliphatic heterocycles. The van der Waals surface area contributed by atoms with Crippen molar-refractivity contribution >= 4 is 6.41 Å². The molecule has 106 valence electrons. The topological polar surface area (TPSA) is 43.1 Å². The summed E-state index contributed by atoms with van der Waals surface area (Å²) in [5.74, 6) is 0.781. The highest BCUT2D eigenvalue weighted by Crippen LogP contribution is 2.40. The Bertz CT molecular complexity index is 172. The van der Waals surface area contributed by atoms with E-state index in [4.69, 9.17) is 4.79 Å². The van der Waals surface area contributed by atoms with Gasteiger partial charge in [0.1, 0.15) is 0 Å². The first-order chi connectivity index (χ1) is 7.63. The van der Waals surface area contributed by atoms with Gasteiger partial charge in [-0.3, -0.25) is 4.79 Å². The van der Waals surface area contributed by atoms with Crippen molar-refractivity contribution in [1.82, 2.24) is 0 Å². The molecule has 0 aromatic carbocycles. The van der Waals surface area contributed by atoms with Gasteiger partial charge in [0.15, 0.2) is 0 Å². The van der Waals surface area contributed by atoms with Gasteiger partial charge in [-0.15, -0.1) is 0 Å². The van der Waals surface area contributed by atoms with Crippen molar-refractivity contribution < 1.29 is 4.79 Å². The summed E-state index contributed by atoms with van der Waals surface area (Å²) in [6.45, 7) is 20.5. The summed E-state index contributed by atoms with van der Waals surface area (Å²) in [6, 6.07) is 0. The second-order valence-electron chi connectivity index (χ2n) is 5.97. The number of hydrogen-bond acceptors (Lipinski definition) is 1. The monoisotopic (exact) mass is 245 g/mol. The molecule has 0 unspecified atom stereocenters. The van der Waals surface area contributed by atoms with Crippen LogP contribution in [0.1, 0.15) is 75.2 Å². The van der Waals surface area contributed by atoms with Gasteiger partial charge in [0.25, 0.3) is 0 Å². The van der Waals surface area contributed by atoms with Gasteiger partial charge in [0, 0.05) is 0 Å². The molecule has 1 amide bonds. The molecule has 0 atom stereocenters. The van der Waals surface area contributed by atoms with Crippen molar-refractivity contribution in [2.24, 2.45) is 22.5 Å². The zero-order valence-electron chi connectivity index (χ0n) is 13.6. The van der Waals surface area contributed by atoms with Crippen LogP contribution >= 0.6 is 0 Å². The standard InChI is InChI=1S/C12H26.C2H6.CH3NO/c1-8-11(4,5)9-12(6,7)10(2)3;1-2;2-1-3/h10H,8-9H2,1-7H3;1-2H3;1H,(H2,2,3). The largest absolute Gasteiger partial charge is 0.372 e. The zero-order chi connectivity index (χ0) is 14.7. The third-order valence-corrected chi connectivity index (χ3v) is 3.45. The summed E-state index contributed by atoms with van der Waals surface area (Å²) in [5.41, 5.74) is 5.16. The molecular formula is C15H35NO. The van der Waals surface area contributed by atoms with Gasteiger partial charge in [-0.2, -0.15) is 0 Å². The Kier molecular flexibility index (Phi) is 13.6. The van der Waals surface area contributed by atoms with Crippen molar-refractivity contribution in [3.8, 4) is 0 Å². The van der Waals surface area contributed by atoms with Gasteiger partial charge < -0.3 is 5.73 Å². The molecule has 0 saturated heterocycles. The zero-order valence-corrected chi connectivity index (χ0v) is 13.6. The van der Waals surface area contributed by atoms with Crippen LogP contribution in [0.5, 0.6) is 0 Å². The smallest absolute Gasteiger partial charge is 0.204 e. The molecule has 0 rings (SSSR count). The third-order valence-electron chi connectivity index (χ3n) is 3.45. The normalized spacial score (nSPS) is 10.9. The molecule has 17 heavy (non-hydrogen) atoms. The van der Waals surface area contributed by atoms with E-state index in [0.717, 1.165) is 5.92 Å². The van der Waals surface area contributed by atoms with Crippen LogP contribution < -0.4 is 5.73 Å². The summed E-state index contributed by atoms with van der Waals surface area (Å²) in [6.07, 6.45) is 2.86. The highest BCUT2D eigenvalue weighted by Gasteiger charge is 2.29. The van der Waals surface area contributed by atoms with E-state index in [2.05, 4.69) is 54.2 Å². The van der Waals surface area contributed by atoms with Gasteiger partial charge in [-0.25, -0.2) is 0 Å². The summed E-state index contributed by atoms with van der Waals surface area (Å²) in [7, 11) is 0. The van der Waals surface area contributed by atoms with Crippen LogP contribution in [-0.2, 0) is 4.79 Å². The van der Waals surface area contributed by atoms with Crippen LogP contribution in [0, 0.1) is 16.7 Å². The first kappa shape index (κ1) is 21.7. The number of primary amides is 1. The number of amides is 1. The second-order valence-corrected chi connectivity index (χ2v) is 5.97. The summed E-state index contributed by atoms with van der Waals surface area (Å²) in [4.78, 5) is 8.58. The molecule has 0 spiro atoms. The van der Waals surface area contributed by atoms with Gasteiger partial charge >= 0.3 is 0 Å². The van der Waals surface area contributed by atoms with E-state index >= 15 is 0 Å². The maximum absolute atomic E-state index is 8.58. The molecule has 0 heterocycles. The Balaban J connectivity index is -0.000000337. The van der Waals surface area contributed by atoms with Crippen LogP contribution in [0.15, 0.2) is 0 Å². The SMILES string of the molecule is CC.CCC(C)(C)CC(C)(C)C(C)C.NC=O. The fraction of sp³-hybridized carbons (Fsp3) is 0.933. The fourth-order valence-corrected chi connectivity index (χ4v) is 1.56. The molecule has 0 bridgehead atoms. The summed E-state index contributed by atoms with van der Waals surface area (Å²) in [5, 5.41) is 0. The second kappa shape index (κ2) is 10.6. The molecule has 2 heteroatoms. The van der Waals surface area contributed by atoms with E-state index in [-0.39, 0.29) is 6.41 Å². The lowest BCUT2D eigenvalue weighted by Crippen LogP contribution is -2.27. The fourth-order valence-electron chi connectivity index (χ4n) is 1.56. The average Bonchev–Trinajstić information content (AvgIpc) is 2.20. The number of rotatable bonds is 4. The van der Waals surface area contributed by atoms with Crippen LogP contribution in [0.3, 0.4) is 0 Å². The highest BCUT2D eigenvalue weighted by atomic mass is 16.1. The quantitative estimate of drug-likeness (QED) is 0.721. The van der Waals surface area contributed by atoms with Gasteiger partial charge in [-0.1, -0.05) is 68.7 Å². The number of nitrogens with two attached hydrogens (primary N) is 1. The van der Waals surface area contributed by atoms with Gasteiger partial charge in [0.2, 0.25) is 6.41 Å².